The molecule has 0 amide bonds. The van der Waals surface area contributed by atoms with Crippen molar-refractivity contribution < 1.29 is 9.64 Å². The molecule has 2 rings (SSSR count). The van der Waals surface area contributed by atoms with E-state index in [2.05, 4.69) is 48.3 Å². The smallest absolute Gasteiger partial charge is 0.101 e. The molecular weight excluding hydrogens is 250 g/mol. The molecule has 0 aliphatic carbocycles. The maximum atomic E-state index is 5.36. The van der Waals surface area contributed by atoms with E-state index in [0.29, 0.717) is 0 Å². The van der Waals surface area contributed by atoms with Gasteiger partial charge in [-0.05, 0) is 17.7 Å². The van der Waals surface area contributed by atoms with Crippen molar-refractivity contribution >= 4 is 11.9 Å². The van der Waals surface area contributed by atoms with E-state index in [9.17, 15) is 0 Å². The molecule has 1 aromatic carbocycles. The summed E-state index contributed by atoms with van der Waals surface area (Å²) in [6, 6.07) is 8.48. The molecule has 1 aliphatic rings. The van der Waals surface area contributed by atoms with Crippen molar-refractivity contribution in [3.05, 3.63) is 29.8 Å². The molecule has 1 aliphatic heterocycles. The van der Waals surface area contributed by atoms with Crippen LogP contribution in [0.1, 0.15) is 12.0 Å². The third-order valence-electron chi connectivity index (χ3n) is 3.67. The summed E-state index contributed by atoms with van der Waals surface area (Å²) in [5.41, 5.74) is 2.40. The van der Waals surface area contributed by atoms with Crippen LogP contribution in [0.15, 0.2) is 29.3 Å². The highest BCUT2D eigenvalue weighted by Crippen LogP contribution is 2.10. The SMILES string of the molecule is CN(C)c1ccc(C=NCCC[NH+]2CCOCC2)cc1. The summed E-state index contributed by atoms with van der Waals surface area (Å²) < 4.78 is 5.36. The minimum absolute atomic E-state index is 0.914. The van der Waals surface area contributed by atoms with Gasteiger partial charge in [-0.2, -0.15) is 0 Å². The van der Waals surface area contributed by atoms with E-state index in [-0.39, 0.29) is 0 Å². The number of quaternary nitrogens is 1. The van der Waals surface area contributed by atoms with Crippen LogP contribution < -0.4 is 9.80 Å². The molecule has 1 aromatic rings. The molecule has 4 nitrogen and oxygen atoms in total. The number of ether oxygens (including phenoxy) is 1. The van der Waals surface area contributed by atoms with E-state index >= 15 is 0 Å². The summed E-state index contributed by atoms with van der Waals surface area (Å²) >= 11 is 0. The van der Waals surface area contributed by atoms with Crippen molar-refractivity contribution in [2.24, 2.45) is 4.99 Å². The molecular formula is C16H26N3O+. The Kier molecular flexibility index (Phi) is 6.02. The molecule has 0 saturated carbocycles. The summed E-state index contributed by atoms with van der Waals surface area (Å²) in [6.45, 7) is 6.25. The Bertz CT molecular complexity index is 408. The second-order valence-electron chi connectivity index (χ2n) is 5.49. The number of anilines is 1. The van der Waals surface area contributed by atoms with Crippen LogP contribution in [-0.4, -0.2) is 59.7 Å². The second-order valence-corrected chi connectivity index (χ2v) is 5.49. The fourth-order valence-electron chi connectivity index (χ4n) is 2.36. The van der Waals surface area contributed by atoms with Crippen molar-refractivity contribution in [3.63, 3.8) is 0 Å². The first-order valence-electron chi connectivity index (χ1n) is 7.44. The monoisotopic (exact) mass is 276 g/mol. The van der Waals surface area contributed by atoms with Crippen LogP contribution in [0.4, 0.5) is 5.69 Å². The van der Waals surface area contributed by atoms with E-state index in [1.54, 1.807) is 4.90 Å². The number of aliphatic imine (C=N–C) groups is 1. The maximum absolute atomic E-state index is 5.36. The number of benzene rings is 1. The third-order valence-corrected chi connectivity index (χ3v) is 3.67. The summed E-state index contributed by atoms with van der Waals surface area (Å²) in [5.74, 6) is 0. The van der Waals surface area contributed by atoms with Crippen molar-refractivity contribution in [3.8, 4) is 0 Å². The average molecular weight is 276 g/mol. The molecule has 0 unspecified atom stereocenters. The van der Waals surface area contributed by atoms with Gasteiger partial charge >= 0.3 is 0 Å². The lowest BCUT2D eigenvalue weighted by molar-refractivity contribution is -0.908. The number of hydrogen-bond donors (Lipinski definition) is 1. The zero-order valence-corrected chi connectivity index (χ0v) is 12.6. The third kappa shape index (κ3) is 4.94. The second kappa shape index (κ2) is 8.02. The van der Waals surface area contributed by atoms with Crippen LogP contribution in [0.5, 0.6) is 0 Å². The summed E-state index contributed by atoms with van der Waals surface area (Å²) in [4.78, 5) is 8.27. The molecule has 1 fully saturated rings. The lowest BCUT2D eigenvalue weighted by atomic mass is 10.2. The number of nitrogens with zero attached hydrogens (tertiary/aromatic N) is 2. The van der Waals surface area contributed by atoms with Crippen molar-refractivity contribution in [1.82, 2.24) is 0 Å². The van der Waals surface area contributed by atoms with Gasteiger partial charge in [0.15, 0.2) is 0 Å². The highest BCUT2D eigenvalue weighted by atomic mass is 16.5. The highest BCUT2D eigenvalue weighted by Gasteiger charge is 2.12. The Balaban J connectivity index is 1.67. The molecule has 0 radical (unpaired) electrons. The predicted octanol–water partition coefficient (Wildman–Crippen LogP) is 0.477. The largest absolute Gasteiger partial charge is 0.378 e. The van der Waals surface area contributed by atoms with E-state index in [1.807, 2.05) is 6.21 Å². The number of rotatable bonds is 6. The molecule has 20 heavy (non-hydrogen) atoms. The fourth-order valence-corrected chi connectivity index (χ4v) is 2.36. The van der Waals surface area contributed by atoms with Crippen LogP contribution in [0, 0.1) is 0 Å². The van der Waals surface area contributed by atoms with Gasteiger partial charge in [0.05, 0.1) is 19.8 Å². The lowest BCUT2D eigenvalue weighted by Crippen LogP contribution is -3.14. The molecule has 0 bridgehead atoms. The van der Waals surface area contributed by atoms with Crippen molar-refractivity contribution in [2.45, 2.75) is 6.42 Å². The van der Waals surface area contributed by atoms with Gasteiger partial charge in [0.1, 0.15) is 13.1 Å². The Morgan fingerprint density at radius 1 is 1.20 bits per heavy atom. The predicted molar refractivity (Wildman–Crippen MR) is 84.2 cm³/mol. The van der Waals surface area contributed by atoms with Gasteiger partial charge in [-0.1, -0.05) is 12.1 Å². The molecule has 0 atom stereocenters. The summed E-state index contributed by atoms with van der Waals surface area (Å²) in [7, 11) is 4.11. The first-order chi connectivity index (χ1) is 9.75. The number of nitrogens with one attached hydrogen (secondary N) is 1. The van der Waals surface area contributed by atoms with E-state index < -0.39 is 0 Å². The highest BCUT2D eigenvalue weighted by molar-refractivity contribution is 5.80. The lowest BCUT2D eigenvalue weighted by Gasteiger charge is -2.23. The summed E-state index contributed by atoms with van der Waals surface area (Å²) in [6.07, 6.45) is 3.13. The zero-order chi connectivity index (χ0) is 14.2. The van der Waals surface area contributed by atoms with E-state index in [4.69, 9.17) is 4.74 Å². The van der Waals surface area contributed by atoms with Crippen LogP contribution in [-0.2, 0) is 4.74 Å². The van der Waals surface area contributed by atoms with Crippen LogP contribution in [0.2, 0.25) is 0 Å². The Morgan fingerprint density at radius 2 is 1.90 bits per heavy atom. The van der Waals surface area contributed by atoms with Crippen molar-refractivity contribution in [1.29, 1.82) is 0 Å². The van der Waals surface area contributed by atoms with Crippen LogP contribution in [0.25, 0.3) is 0 Å². The Morgan fingerprint density at radius 3 is 2.55 bits per heavy atom. The van der Waals surface area contributed by atoms with Gasteiger partial charge in [-0.15, -0.1) is 0 Å². The number of hydrogen-bond acceptors (Lipinski definition) is 3. The minimum atomic E-state index is 0.914. The molecule has 4 heteroatoms. The standard InChI is InChI=1S/C16H25N3O/c1-18(2)16-6-4-15(5-7-16)14-17-8-3-9-19-10-12-20-13-11-19/h4-7,14H,3,8-13H2,1-2H3/p+1. The first-order valence-corrected chi connectivity index (χ1v) is 7.44. The van der Waals surface area contributed by atoms with Gasteiger partial charge in [0.2, 0.25) is 0 Å². The number of morpholine rings is 1. The van der Waals surface area contributed by atoms with Gasteiger partial charge in [0, 0.05) is 39.0 Å². The van der Waals surface area contributed by atoms with Crippen LogP contribution >= 0.6 is 0 Å². The molecule has 1 N–H and O–H groups in total. The fraction of sp³-hybridized carbons (Fsp3) is 0.562. The zero-order valence-electron chi connectivity index (χ0n) is 12.6. The quantitative estimate of drug-likeness (QED) is 0.605. The van der Waals surface area contributed by atoms with Gasteiger partial charge in [-0.3, -0.25) is 4.99 Å². The molecule has 0 aromatic heterocycles. The van der Waals surface area contributed by atoms with Crippen molar-refractivity contribution in [2.75, 3.05) is 58.4 Å². The van der Waals surface area contributed by atoms with Crippen LogP contribution in [0.3, 0.4) is 0 Å². The Hall–Kier alpha value is -1.39. The Labute approximate surface area is 122 Å². The van der Waals surface area contributed by atoms with Gasteiger partial charge in [0.25, 0.3) is 0 Å². The average Bonchev–Trinajstić information content (AvgIpc) is 2.48. The molecule has 1 heterocycles. The normalized spacial score (nSPS) is 16.7. The van der Waals surface area contributed by atoms with E-state index in [1.165, 1.54) is 17.8 Å². The van der Waals surface area contributed by atoms with Gasteiger partial charge < -0.3 is 14.5 Å². The molecule has 1 saturated heterocycles. The molecule has 110 valence electrons. The molecule has 0 spiro atoms. The minimum Gasteiger partial charge on any atom is -0.378 e. The maximum Gasteiger partial charge on any atom is 0.101 e. The topological polar surface area (TPSA) is 29.3 Å². The first kappa shape index (κ1) is 15.0. The van der Waals surface area contributed by atoms with E-state index in [0.717, 1.165) is 39.3 Å². The van der Waals surface area contributed by atoms with Gasteiger partial charge in [-0.25, -0.2) is 0 Å². The summed E-state index contributed by atoms with van der Waals surface area (Å²) in [5, 5.41) is 0.